The molecule has 5 heterocycles. The Balaban J connectivity index is 0.000000193. The molecular weight excluding hydrogens is 2040 g/mol. The minimum atomic E-state index is -4.55. The van der Waals surface area contributed by atoms with Crippen LogP contribution in [0.5, 0.6) is 0 Å². The summed E-state index contributed by atoms with van der Waals surface area (Å²) < 4.78 is 222. The molecule has 0 amide bonds. The zero-order valence-corrected chi connectivity index (χ0v) is 95.1. The third-order valence-corrected chi connectivity index (χ3v) is 28.7. The number of hydrogen-bond acceptors (Lipinski definition) is 19. The topological polar surface area (TPSA) is 405 Å². The molecule has 684 valence electrons. The zero-order chi connectivity index (χ0) is 95.2. The number of aromatic nitrogens is 2. The number of fused-ring (bicyclic) bond motifs is 4. The summed E-state index contributed by atoms with van der Waals surface area (Å²) in [6.07, 6.45) is 20.6. The van der Waals surface area contributed by atoms with Gasteiger partial charge in [-0.15, -0.1) is 11.3 Å². The van der Waals surface area contributed by atoms with Crippen molar-refractivity contribution in [1.29, 1.82) is 0 Å². The molecule has 0 spiro atoms. The van der Waals surface area contributed by atoms with Gasteiger partial charge in [-0.25, -0.2) is 9.97 Å². The van der Waals surface area contributed by atoms with E-state index in [4.69, 9.17) is 40.9 Å². The number of hydrogen-bond donors (Lipinski definition) is 6. The Kier molecular flexibility index (Phi) is 40.4. The number of rotatable bonds is 21. The molecule has 5 aromatic heterocycles. The second-order valence-corrected chi connectivity index (χ2v) is 40.5. The summed E-state index contributed by atoms with van der Waals surface area (Å²) in [7, 11) is -26.7. The van der Waals surface area contributed by atoms with Crippen LogP contribution in [-0.4, -0.2) is 265 Å². The number of furan rings is 2. The Morgan fingerprint density at radius 3 is 0.986 bits per heavy atom. The molecule has 0 fully saturated rings. The first kappa shape index (κ1) is 115. The van der Waals surface area contributed by atoms with Crippen molar-refractivity contribution in [3.63, 3.8) is 0 Å². The molecular formula is C102H72Cl2N2Na6O22S7. The van der Waals surface area contributed by atoms with Crippen LogP contribution in [0.15, 0.2) is 399 Å². The van der Waals surface area contributed by atoms with Crippen molar-refractivity contribution in [3.8, 4) is 66.4 Å². The summed E-state index contributed by atoms with van der Waals surface area (Å²) >= 11 is 13.4. The van der Waals surface area contributed by atoms with Crippen LogP contribution in [-0.2, 0) is 60.7 Å². The van der Waals surface area contributed by atoms with Gasteiger partial charge in [-0.1, -0.05) is 314 Å². The largest absolute Gasteiger partial charge is 0.455 e. The summed E-state index contributed by atoms with van der Waals surface area (Å²) in [5.74, 6) is 1.33. The van der Waals surface area contributed by atoms with E-state index in [1.165, 1.54) is 36.4 Å². The number of oxazole rings is 2. The molecule has 0 saturated heterocycles. The summed E-state index contributed by atoms with van der Waals surface area (Å²) in [6.45, 7) is 0. The normalized spacial score (nSPS) is 13.3. The molecule has 0 bridgehead atoms. The first-order valence-corrected chi connectivity index (χ1v) is 50.7. The molecule has 39 heteroatoms. The van der Waals surface area contributed by atoms with Crippen LogP contribution in [0.2, 0.25) is 10.0 Å². The molecule has 6 radical (unpaired) electrons. The minimum Gasteiger partial charge on any atom is -0.455 e. The van der Waals surface area contributed by atoms with Crippen molar-refractivity contribution < 1.29 is 95.5 Å². The van der Waals surface area contributed by atoms with Gasteiger partial charge in [0, 0.05) is 205 Å². The van der Waals surface area contributed by atoms with Crippen molar-refractivity contribution >= 4 is 359 Å². The number of nitrogens with zero attached hydrogens (tertiary/aromatic N) is 2. The van der Waals surface area contributed by atoms with E-state index in [1.54, 1.807) is 193 Å². The molecule has 13 aromatic carbocycles. The fourth-order valence-electron chi connectivity index (χ4n) is 14.7. The molecule has 1 aliphatic carbocycles. The van der Waals surface area contributed by atoms with Gasteiger partial charge in [0.2, 0.25) is 11.8 Å². The number of benzene rings is 13. The van der Waals surface area contributed by atoms with E-state index >= 15 is 0 Å². The third kappa shape index (κ3) is 28.7. The van der Waals surface area contributed by atoms with E-state index in [0.717, 1.165) is 76.5 Å². The fourth-order valence-corrected chi connectivity index (χ4v) is 20.6. The van der Waals surface area contributed by atoms with Gasteiger partial charge in [0.1, 0.15) is 51.6 Å². The molecule has 6 N–H and O–H groups in total. The maximum absolute atomic E-state index is 12.1. The quantitative estimate of drug-likeness (QED) is 0.0221. The van der Waals surface area contributed by atoms with Gasteiger partial charge in [0.05, 0.1) is 19.8 Å². The summed E-state index contributed by atoms with van der Waals surface area (Å²) in [5.41, 5.74) is 13.4. The Morgan fingerprint density at radius 1 is 0.305 bits per heavy atom. The van der Waals surface area contributed by atoms with Gasteiger partial charge in [-0.3, -0.25) is 27.3 Å². The molecule has 0 aliphatic heterocycles. The molecule has 18 aromatic rings. The van der Waals surface area contributed by atoms with Gasteiger partial charge < -0.3 is 17.7 Å². The molecule has 141 heavy (non-hydrogen) atoms. The van der Waals surface area contributed by atoms with Crippen LogP contribution in [0.1, 0.15) is 45.4 Å². The predicted molar refractivity (Wildman–Crippen MR) is 560 cm³/mol. The Morgan fingerprint density at radius 2 is 0.631 bits per heavy atom. The van der Waals surface area contributed by atoms with E-state index in [0.29, 0.717) is 73.5 Å². The first-order valence-electron chi connectivity index (χ1n) is 40.5. The second kappa shape index (κ2) is 49.5. The van der Waals surface area contributed by atoms with E-state index in [-0.39, 0.29) is 218 Å². The molecule has 0 unspecified atom stereocenters. The smallest absolute Gasteiger partial charge is 0.299 e. The van der Waals surface area contributed by atoms with Gasteiger partial charge in [0.25, 0.3) is 60.7 Å². The minimum absolute atomic E-state index is 0. The standard InChI is InChI=1S/C28H22Cl2O6S2.C28H18O8S2.C28H22O6S2.C18H10N2O2S.6Na/c29-24-8-6-20(18-26(24)37(31,32)33)10-14-28(16-12-23(13-17-28)22-4-2-1-3-5-22)15-11-21-7-9-25(30)27(19-21)38(34,35)36;29-37(30,31)27-21-5-1-3-7-23(21)35-25(27)19-13-9-17(10-14-19)18-11-15-20(16-12-18)26-28(38(32,33)34)22-6-2-4-8-24(22)36-26;29-35(30,31)27-7-3-1-5-25(27)19-13-21-9-15-23(16-10-21)24-17-11-22(12-18-24)14-20-26-6-2-4-8-28(26)36(32,33)34;1-3-7-13-11(5-1)19-17(21-13)15-9-10-16(23-15)18-20-12-6-2-4-8-14(12)22-18;;;;;;/h1-16,18-19H,17H2,(H,31,32,33)(H,34,35,36);1-16H,(H,29,30,31)(H,32,33,34);1-20H,(H,29,30,31)(H,32,33,34);1-10H;;;;;;. The van der Waals surface area contributed by atoms with Crippen LogP contribution in [0.4, 0.5) is 0 Å². The Hall–Kier alpha value is -7.94. The fraction of sp³-hybridized carbons (Fsp3) is 0.0196. The van der Waals surface area contributed by atoms with E-state index in [9.17, 15) is 77.8 Å². The van der Waals surface area contributed by atoms with Crippen molar-refractivity contribution in [2.45, 2.75) is 35.8 Å². The molecule has 24 nitrogen and oxygen atoms in total. The second-order valence-electron chi connectivity index (χ2n) is 30.4. The van der Waals surface area contributed by atoms with Gasteiger partial charge in [0.15, 0.2) is 22.7 Å². The number of para-hydroxylation sites is 6. The van der Waals surface area contributed by atoms with Crippen molar-refractivity contribution in [3.05, 3.63) is 401 Å². The maximum atomic E-state index is 12.1. The monoisotopic (exact) mass is 2110 g/mol. The van der Waals surface area contributed by atoms with Gasteiger partial charge in [-0.05, 0) is 170 Å². The number of thiophene rings is 1. The van der Waals surface area contributed by atoms with Crippen molar-refractivity contribution in [2.75, 3.05) is 0 Å². The molecule has 19 rings (SSSR count). The van der Waals surface area contributed by atoms with Crippen molar-refractivity contribution in [1.82, 2.24) is 9.97 Å². The molecule has 0 saturated carbocycles. The molecule has 0 atom stereocenters. The van der Waals surface area contributed by atoms with Gasteiger partial charge >= 0.3 is 0 Å². The van der Waals surface area contributed by atoms with Gasteiger partial charge in [-0.2, -0.15) is 50.5 Å². The summed E-state index contributed by atoms with van der Waals surface area (Å²) in [6, 6.07) is 92.7. The predicted octanol–water partition coefficient (Wildman–Crippen LogP) is 23.2. The summed E-state index contributed by atoms with van der Waals surface area (Å²) in [4.78, 5) is 9.32. The zero-order valence-electron chi connectivity index (χ0n) is 75.9. The Labute approximate surface area is 959 Å². The summed E-state index contributed by atoms with van der Waals surface area (Å²) in [5, 5.41) is 0.397. The Bertz CT molecular complexity index is 8030. The first-order chi connectivity index (χ1) is 64.4. The van der Waals surface area contributed by atoms with Crippen LogP contribution in [0, 0.1) is 5.41 Å². The maximum Gasteiger partial charge on any atom is 0.299 e. The average molecular weight is 2110 g/mol. The van der Waals surface area contributed by atoms with Crippen LogP contribution >= 0.6 is 34.5 Å². The number of halogens is 2. The van der Waals surface area contributed by atoms with Crippen molar-refractivity contribution in [2.24, 2.45) is 5.41 Å². The number of allylic oxidation sites excluding steroid dienone is 6. The third-order valence-electron chi connectivity index (χ3n) is 21.3. The average Bonchev–Trinajstić information content (AvgIpc) is 1.61. The van der Waals surface area contributed by atoms with E-state index in [2.05, 4.69) is 16.0 Å². The molecule has 1 aliphatic rings. The van der Waals surface area contributed by atoms with Crippen LogP contribution in [0.25, 0.3) is 153 Å². The SMILES string of the molecule is O=S(=O)(O)c1c(-c2ccc(-c3ccc(-c4oc5ccccc5c4S(=O)(=O)O)cc3)cc2)oc2ccccc12.O=S(=O)(O)c1cc(C=CC2(C=Cc3ccc(Cl)c(S(=O)(=O)O)c3)C=CC(c3ccccc3)=CC2)ccc1Cl.O=S(=O)(O)c1ccccc1C=Cc1ccc(-c2ccc(C=Cc3ccccc3S(=O)(=O)O)cc2)cc1.[Na].[Na].[Na].[Na].[Na].[Na].c1ccc2oc(-c3ccc(-c4nc5ccccc5o4)s3)nc2c1. The van der Waals surface area contributed by atoms with Crippen LogP contribution < -0.4 is 0 Å². The van der Waals surface area contributed by atoms with Crippen LogP contribution in [0.3, 0.4) is 0 Å². The van der Waals surface area contributed by atoms with E-state index < -0.39 is 75.9 Å². The van der Waals surface area contributed by atoms with E-state index in [1.807, 2.05) is 164 Å².